The van der Waals surface area contributed by atoms with Crippen molar-refractivity contribution in [3.05, 3.63) is 75.1 Å². The summed E-state index contributed by atoms with van der Waals surface area (Å²) in [5.41, 5.74) is 10.6. The highest BCUT2D eigenvalue weighted by Crippen LogP contribution is 2.31. The molecule has 154 valence electrons. The molecule has 0 aromatic heterocycles. The van der Waals surface area contributed by atoms with Crippen LogP contribution in [0.15, 0.2) is 47.0 Å². The molecule has 0 bridgehead atoms. The smallest absolute Gasteiger partial charge is 0.259 e. The summed E-state index contributed by atoms with van der Waals surface area (Å²) in [4.78, 5) is 15.4. The Bertz CT molecular complexity index is 957. The Morgan fingerprint density at radius 3 is 2.79 bits per heavy atom. The van der Waals surface area contributed by atoms with Gasteiger partial charge in [-0.3, -0.25) is 9.93 Å². The van der Waals surface area contributed by atoms with E-state index >= 15 is 0 Å². The lowest BCUT2D eigenvalue weighted by Gasteiger charge is -2.18. The number of benzene rings is 2. The summed E-state index contributed by atoms with van der Waals surface area (Å²) >= 11 is 1.19. The van der Waals surface area contributed by atoms with Gasteiger partial charge < -0.3 is 10.6 Å². The van der Waals surface area contributed by atoms with Crippen LogP contribution in [0, 0.1) is 18.7 Å². The highest BCUT2D eigenvalue weighted by molar-refractivity contribution is 8.00. The lowest BCUT2D eigenvalue weighted by Crippen LogP contribution is -2.23. The SMILES string of the molecule is C/C(SN)=C(/N)CC(C)CCc1cccc(N2Cc3c(F)cc(C)cc3C2=O)c1. The van der Waals surface area contributed by atoms with E-state index in [1.54, 1.807) is 17.9 Å². The number of amides is 1. The lowest BCUT2D eigenvalue weighted by molar-refractivity contribution is 0.0996. The van der Waals surface area contributed by atoms with Crippen LogP contribution in [-0.2, 0) is 13.0 Å². The van der Waals surface area contributed by atoms with Crippen molar-refractivity contribution in [1.29, 1.82) is 0 Å². The van der Waals surface area contributed by atoms with E-state index in [2.05, 4.69) is 13.0 Å². The number of anilines is 1. The number of aryl methyl sites for hydroxylation is 2. The van der Waals surface area contributed by atoms with Crippen LogP contribution >= 0.6 is 11.9 Å². The number of rotatable bonds is 7. The van der Waals surface area contributed by atoms with Crippen LogP contribution in [0.25, 0.3) is 0 Å². The quantitative estimate of drug-likeness (QED) is 0.623. The Labute approximate surface area is 176 Å². The molecule has 1 heterocycles. The van der Waals surface area contributed by atoms with Gasteiger partial charge in [-0.25, -0.2) is 4.39 Å². The Kier molecular flexibility index (Phi) is 6.65. The van der Waals surface area contributed by atoms with Gasteiger partial charge in [0.25, 0.3) is 5.91 Å². The Morgan fingerprint density at radius 1 is 1.31 bits per heavy atom. The molecule has 3 rings (SSSR count). The molecule has 0 spiro atoms. The van der Waals surface area contributed by atoms with Gasteiger partial charge in [0.05, 0.1) is 6.54 Å². The van der Waals surface area contributed by atoms with E-state index in [0.29, 0.717) is 17.0 Å². The van der Waals surface area contributed by atoms with E-state index in [1.165, 1.54) is 18.0 Å². The highest BCUT2D eigenvalue weighted by Gasteiger charge is 2.31. The predicted molar refractivity (Wildman–Crippen MR) is 119 cm³/mol. The van der Waals surface area contributed by atoms with Crippen LogP contribution in [0.1, 0.15) is 53.7 Å². The normalized spacial score (nSPS) is 15.3. The van der Waals surface area contributed by atoms with Crippen LogP contribution < -0.4 is 15.8 Å². The van der Waals surface area contributed by atoms with Gasteiger partial charge in [-0.2, -0.15) is 0 Å². The minimum Gasteiger partial charge on any atom is -0.401 e. The zero-order valence-corrected chi connectivity index (χ0v) is 18.0. The molecular weight excluding hydrogens is 385 g/mol. The zero-order chi connectivity index (χ0) is 21.1. The largest absolute Gasteiger partial charge is 0.401 e. The van der Waals surface area contributed by atoms with Crippen molar-refractivity contribution in [1.82, 2.24) is 0 Å². The van der Waals surface area contributed by atoms with Crippen molar-refractivity contribution in [2.75, 3.05) is 4.90 Å². The summed E-state index contributed by atoms with van der Waals surface area (Å²) in [5.74, 6) is -0.0197. The minimum absolute atomic E-state index is 0.138. The number of carbonyl (C=O) groups excluding carboxylic acids is 1. The molecule has 1 aliphatic heterocycles. The first kappa shape index (κ1) is 21.4. The zero-order valence-electron chi connectivity index (χ0n) is 17.2. The molecule has 4 nitrogen and oxygen atoms in total. The summed E-state index contributed by atoms with van der Waals surface area (Å²) in [6, 6.07) is 11.2. The van der Waals surface area contributed by atoms with Crippen LogP contribution in [0.5, 0.6) is 0 Å². The molecule has 1 atom stereocenters. The fourth-order valence-corrected chi connectivity index (χ4v) is 3.93. The summed E-state index contributed by atoms with van der Waals surface area (Å²) in [6.07, 6.45) is 2.68. The average molecular weight is 414 g/mol. The molecule has 0 saturated carbocycles. The number of nitrogens with zero attached hydrogens (tertiary/aromatic N) is 1. The van der Waals surface area contributed by atoms with Crippen molar-refractivity contribution in [3.8, 4) is 0 Å². The molecule has 0 radical (unpaired) electrons. The van der Waals surface area contributed by atoms with Gasteiger partial charge >= 0.3 is 0 Å². The third-order valence-electron chi connectivity index (χ3n) is 5.48. The maximum absolute atomic E-state index is 14.3. The maximum Gasteiger partial charge on any atom is 0.259 e. The number of carbonyl (C=O) groups is 1. The third-order valence-corrected chi connectivity index (χ3v) is 6.09. The van der Waals surface area contributed by atoms with E-state index in [4.69, 9.17) is 10.9 Å². The van der Waals surface area contributed by atoms with Gasteiger partial charge in [-0.15, -0.1) is 0 Å². The molecule has 4 N–H and O–H groups in total. The first-order chi connectivity index (χ1) is 13.8. The van der Waals surface area contributed by atoms with E-state index in [-0.39, 0.29) is 18.3 Å². The van der Waals surface area contributed by atoms with E-state index in [0.717, 1.165) is 46.7 Å². The topological polar surface area (TPSA) is 72.3 Å². The number of nitrogens with two attached hydrogens (primary N) is 2. The first-order valence-corrected chi connectivity index (χ1v) is 10.7. The van der Waals surface area contributed by atoms with Crippen molar-refractivity contribution in [3.63, 3.8) is 0 Å². The molecule has 0 fully saturated rings. The minimum atomic E-state index is -0.308. The average Bonchev–Trinajstić information content (AvgIpc) is 3.03. The predicted octanol–water partition coefficient (Wildman–Crippen LogP) is 5.05. The first-order valence-electron chi connectivity index (χ1n) is 9.82. The van der Waals surface area contributed by atoms with Crippen LogP contribution in [0.2, 0.25) is 0 Å². The molecule has 1 amide bonds. The van der Waals surface area contributed by atoms with Crippen molar-refractivity contribution < 1.29 is 9.18 Å². The van der Waals surface area contributed by atoms with Crippen LogP contribution in [0.3, 0.4) is 0 Å². The second-order valence-corrected chi connectivity index (χ2v) is 8.73. The monoisotopic (exact) mass is 413 g/mol. The molecule has 29 heavy (non-hydrogen) atoms. The van der Waals surface area contributed by atoms with E-state index in [9.17, 15) is 9.18 Å². The van der Waals surface area contributed by atoms with Gasteiger partial charge in [0.2, 0.25) is 0 Å². The summed E-state index contributed by atoms with van der Waals surface area (Å²) < 4.78 is 14.3. The van der Waals surface area contributed by atoms with Crippen molar-refractivity contribution in [2.24, 2.45) is 16.8 Å². The van der Waals surface area contributed by atoms with Crippen LogP contribution in [-0.4, -0.2) is 5.91 Å². The second kappa shape index (κ2) is 9.01. The number of hydrogen-bond donors (Lipinski definition) is 2. The summed E-state index contributed by atoms with van der Waals surface area (Å²) in [5, 5.41) is 5.57. The molecule has 1 aliphatic rings. The molecule has 2 aromatic carbocycles. The van der Waals surface area contributed by atoms with Crippen LogP contribution in [0.4, 0.5) is 10.1 Å². The fraction of sp³-hybridized carbons (Fsp3) is 0.348. The molecule has 1 unspecified atom stereocenters. The Morgan fingerprint density at radius 2 is 2.07 bits per heavy atom. The molecule has 0 aliphatic carbocycles. The lowest BCUT2D eigenvalue weighted by atomic mass is 9.96. The highest BCUT2D eigenvalue weighted by atomic mass is 32.2. The second-order valence-electron chi connectivity index (χ2n) is 7.88. The number of allylic oxidation sites excluding steroid dienone is 2. The Balaban J connectivity index is 1.69. The van der Waals surface area contributed by atoms with Crippen molar-refractivity contribution in [2.45, 2.75) is 46.6 Å². The molecular formula is C23H28FN3OS. The number of halogens is 1. The van der Waals surface area contributed by atoms with E-state index in [1.807, 2.05) is 25.1 Å². The maximum atomic E-state index is 14.3. The van der Waals surface area contributed by atoms with Gasteiger partial charge in [-0.05, 0) is 74.4 Å². The number of hydrogen-bond acceptors (Lipinski definition) is 4. The molecule has 0 saturated heterocycles. The molecule has 6 heteroatoms. The van der Waals surface area contributed by atoms with E-state index < -0.39 is 0 Å². The summed E-state index contributed by atoms with van der Waals surface area (Å²) in [6.45, 7) is 6.19. The molecule has 2 aromatic rings. The van der Waals surface area contributed by atoms with Crippen molar-refractivity contribution >= 4 is 23.5 Å². The van der Waals surface area contributed by atoms with Gasteiger partial charge in [-0.1, -0.05) is 31.0 Å². The van der Waals surface area contributed by atoms with Gasteiger partial charge in [0.1, 0.15) is 5.82 Å². The fourth-order valence-electron chi connectivity index (χ4n) is 3.70. The van der Waals surface area contributed by atoms with Gasteiger partial charge in [0.15, 0.2) is 0 Å². The Hall–Kier alpha value is -2.31. The van der Waals surface area contributed by atoms with Gasteiger partial charge in [0, 0.05) is 27.4 Å². The number of fused-ring (bicyclic) bond motifs is 1. The summed E-state index contributed by atoms with van der Waals surface area (Å²) in [7, 11) is 0. The standard InChI is InChI=1S/C23H28FN3OS/c1-14(11-22(25)16(3)29-26)7-8-17-5-4-6-18(12-17)27-13-20-19(23(27)28)9-15(2)10-21(20)24/h4-6,9-10,12,14H,7-8,11,13,25-26H2,1-3H3/b22-16-. The third kappa shape index (κ3) is 4.82.